The molecule has 1 amide bonds. The Kier molecular flexibility index (Phi) is 7.50. The Labute approximate surface area is 222 Å². The fourth-order valence-electron chi connectivity index (χ4n) is 6.19. The molecule has 1 saturated heterocycles. The molecular weight excluding hydrogens is 456 g/mol. The molecule has 0 radical (unpaired) electrons. The van der Waals surface area contributed by atoms with Gasteiger partial charge in [0.25, 0.3) is 5.91 Å². The van der Waals surface area contributed by atoms with E-state index in [4.69, 9.17) is 4.74 Å². The minimum absolute atomic E-state index is 0.0838. The molecule has 4 nitrogen and oxygen atoms in total. The standard InChI is InChI=1S/C33H40N2O2/c1-24-14-15-28(22-25(24)2)29(23-34(4)32(36)27-10-6-5-7-11-27)16-19-35-20-17-33(18-21-35)31-13-9-8-12-30(31)26(3)37-33/h5-15,22,26,29H,16-21,23H2,1-4H3. The Balaban J connectivity index is 1.26. The van der Waals surface area contributed by atoms with Gasteiger partial charge in [-0.15, -0.1) is 0 Å². The molecule has 2 aliphatic rings. The van der Waals surface area contributed by atoms with E-state index in [1.807, 2.05) is 42.3 Å². The fraction of sp³-hybridized carbons (Fsp3) is 0.424. The van der Waals surface area contributed by atoms with E-state index in [-0.39, 0.29) is 23.5 Å². The minimum atomic E-state index is -0.123. The number of likely N-dealkylation sites (tertiary alicyclic amines) is 1. The molecule has 0 bridgehead atoms. The zero-order valence-corrected chi connectivity index (χ0v) is 22.7. The molecule has 2 aliphatic heterocycles. The van der Waals surface area contributed by atoms with E-state index in [2.05, 4.69) is 68.1 Å². The van der Waals surface area contributed by atoms with Crippen LogP contribution in [0.2, 0.25) is 0 Å². The predicted molar refractivity (Wildman–Crippen MR) is 150 cm³/mol. The van der Waals surface area contributed by atoms with Crippen molar-refractivity contribution in [1.82, 2.24) is 9.80 Å². The van der Waals surface area contributed by atoms with E-state index in [1.165, 1.54) is 27.8 Å². The van der Waals surface area contributed by atoms with Crippen LogP contribution in [0.5, 0.6) is 0 Å². The van der Waals surface area contributed by atoms with Crippen molar-refractivity contribution in [2.45, 2.75) is 57.7 Å². The second-order valence-corrected chi connectivity index (χ2v) is 11.1. The highest BCUT2D eigenvalue weighted by Crippen LogP contribution is 2.49. The largest absolute Gasteiger partial charge is 0.363 e. The van der Waals surface area contributed by atoms with Crippen molar-refractivity contribution < 1.29 is 9.53 Å². The third kappa shape index (κ3) is 5.37. The average molecular weight is 497 g/mol. The second kappa shape index (κ2) is 10.8. The number of hydrogen-bond donors (Lipinski definition) is 0. The zero-order valence-electron chi connectivity index (χ0n) is 22.7. The number of piperidine rings is 1. The quantitative estimate of drug-likeness (QED) is 0.368. The number of carbonyl (C=O) groups excluding carboxylic acids is 1. The van der Waals surface area contributed by atoms with E-state index in [0.717, 1.165) is 44.5 Å². The molecule has 0 aliphatic carbocycles. The van der Waals surface area contributed by atoms with E-state index in [1.54, 1.807) is 0 Å². The van der Waals surface area contributed by atoms with Crippen molar-refractivity contribution in [3.05, 3.63) is 106 Å². The Morgan fingerprint density at radius 3 is 2.43 bits per heavy atom. The lowest BCUT2D eigenvalue weighted by Crippen LogP contribution is -2.43. The Bertz CT molecular complexity index is 1230. The molecule has 0 saturated carbocycles. The first-order valence-electron chi connectivity index (χ1n) is 13.7. The SMILES string of the molecule is Cc1ccc(C(CCN2CCC3(CC2)OC(C)c2ccccc23)CN(C)C(=O)c2ccccc2)cc1C. The maximum Gasteiger partial charge on any atom is 0.253 e. The number of rotatable bonds is 7. The van der Waals surface area contributed by atoms with Gasteiger partial charge in [0.15, 0.2) is 0 Å². The summed E-state index contributed by atoms with van der Waals surface area (Å²) in [4.78, 5) is 17.6. The van der Waals surface area contributed by atoms with Crippen molar-refractivity contribution in [1.29, 1.82) is 0 Å². The van der Waals surface area contributed by atoms with Gasteiger partial charge < -0.3 is 14.5 Å². The number of likely N-dealkylation sites (N-methyl/N-ethyl adjacent to an activating group) is 1. The van der Waals surface area contributed by atoms with Crippen molar-refractivity contribution in [2.24, 2.45) is 0 Å². The van der Waals surface area contributed by atoms with Gasteiger partial charge in [-0.1, -0.05) is 60.7 Å². The number of nitrogens with zero attached hydrogens (tertiary/aromatic N) is 2. The molecule has 5 rings (SSSR count). The van der Waals surface area contributed by atoms with Crippen LogP contribution in [0, 0.1) is 13.8 Å². The number of ether oxygens (including phenoxy) is 1. The smallest absolute Gasteiger partial charge is 0.253 e. The molecule has 0 aromatic heterocycles. The van der Waals surface area contributed by atoms with E-state index >= 15 is 0 Å². The normalized spacial score (nSPS) is 19.5. The van der Waals surface area contributed by atoms with Crippen molar-refractivity contribution in [3.8, 4) is 0 Å². The maximum atomic E-state index is 13.1. The summed E-state index contributed by atoms with van der Waals surface area (Å²) in [5.74, 6) is 0.372. The van der Waals surface area contributed by atoms with Crippen LogP contribution in [0.1, 0.15) is 76.4 Å². The molecule has 2 heterocycles. The summed E-state index contributed by atoms with van der Waals surface area (Å²) in [6.07, 6.45) is 3.27. The van der Waals surface area contributed by atoms with Crippen LogP contribution in [0.3, 0.4) is 0 Å². The molecule has 0 N–H and O–H groups in total. The van der Waals surface area contributed by atoms with Gasteiger partial charge in [-0.3, -0.25) is 4.79 Å². The topological polar surface area (TPSA) is 32.8 Å². The highest BCUT2D eigenvalue weighted by atomic mass is 16.5. The van der Waals surface area contributed by atoms with Gasteiger partial charge in [-0.05, 0) is 86.5 Å². The Morgan fingerprint density at radius 1 is 1.00 bits per heavy atom. The number of fused-ring (bicyclic) bond motifs is 2. The number of aryl methyl sites for hydroxylation is 2. The summed E-state index contributed by atoms with van der Waals surface area (Å²) >= 11 is 0. The summed E-state index contributed by atoms with van der Waals surface area (Å²) < 4.78 is 6.58. The Hall–Kier alpha value is -2.95. The van der Waals surface area contributed by atoms with Crippen LogP contribution in [-0.4, -0.2) is 48.9 Å². The maximum absolute atomic E-state index is 13.1. The van der Waals surface area contributed by atoms with Crippen LogP contribution in [0.15, 0.2) is 72.8 Å². The molecule has 194 valence electrons. The monoisotopic (exact) mass is 496 g/mol. The van der Waals surface area contributed by atoms with Gasteiger partial charge in [0.2, 0.25) is 0 Å². The van der Waals surface area contributed by atoms with Crippen LogP contribution >= 0.6 is 0 Å². The zero-order chi connectivity index (χ0) is 26.0. The van der Waals surface area contributed by atoms with Gasteiger partial charge in [0.1, 0.15) is 0 Å². The molecular formula is C33H40N2O2. The molecule has 1 spiro atoms. The number of benzene rings is 3. The summed E-state index contributed by atoms with van der Waals surface area (Å²) in [6.45, 7) is 10.3. The van der Waals surface area contributed by atoms with Crippen molar-refractivity contribution in [3.63, 3.8) is 0 Å². The fourth-order valence-corrected chi connectivity index (χ4v) is 6.19. The van der Waals surface area contributed by atoms with Crippen LogP contribution in [-0.2, 0) is 10.3 Å². The van der Waals surface area contributed by atoms with Crippen LogP contribution in [0.4, 0.5) is 0 Å². The first-order valence-corrected chi connectivity index (χ1v) is 13.7. The second-order valence-electron chi connectivity index (χ2n) is 11.1. The summed E-state index contributed by atoms with van der Waals surface area (Å²) in [7, 11) is 1.93. The molecule has 3 aromatic carbocycles. The minimum Gasteiger partial charge on any atom is -0.363 e. The lowest BCUT2D eigenvalue weighted by Gasteiger charge is -2.40. The molecule has 1 fully saturated rings. The van der Waals surface area contributed by atoms with E-state index < -0.39 is 0 Å². The van der Waals surface area contributed by atoms with Crippen molar-refractivity contribution >= 4 is 5.91 Å². The van der Waals surface area contributed by atoms with E-state index in [0.29, 0.717) is 6.54 Å². The summed E-state index contributed by atoms with van der Waals surface area (Å²) in [5, 5.41) is 0. The van der Waals surface area contributed by atoms with Crippen molar-refractivity contribution in [2.75, 3.05) is 33.2 Å². The van der Waals surface area contributed by atoms with Crippen LogP contribution in [0.25, 0.3) is 0 Å². The van der Waals surface area contributed by atoms with Crippen LogP contribution < -0.4 is 0 Å². The third-order valence-corrected chi connectivity index (χ3v) is 8.61. The van der Waals surface area contributed by atoms with Gasteiger partial charge in [-0.25, -0.2) is 0 Å². The highest BCUT2D eigenvalue weighted by Gasteiger charge is 2.45. The first-order chi connectivity index (χ1) is 17.9. The third-order valence-electron chi connectivity index (χ3n) is 8.61. The lowest BCUT2D eigenvalue weighted by molar-refractivity contribution is -0.104. The van der Waals surface area contributed by atoms with Gasteiger partial charge >= 0.3 is 0 Å². The average Bonchev–Trinajstić information content (AvgIpc) is 3.20. The van der Waals surface area contributed by atoms with Gasteiger partial charge in [-0.2, -0.15) is 0 Å². The first kappa shape index (κ1) is 25.7. The molecule has 2 atom stereocenters. The van der Waals surface area contributed by atoms with Gasteiger partial charge in [0.05, 0.1) is 11.7 Å². The summed E-state index contributed by atoms with van der Waals surface area (Å²) in [6, 6.07) is 25.2. The number of hydrogen-bond acceptors (Lipinski definition) is 3. The summed E-state index contributed by atoms with van der Waals surface area (Å²) in [5.41, 5.74) is 7.33. The van der Waals surface area contributed by atoms with E-state index in [9.17, 15) is 4.79 Å². The molecule has 3 aromatic rings. The lowest BCUT2D eigenvalue weighted by atomic mass is 9.83. The molecule has 2 unspecified atom stereocenters. The predicted octanol–water partition coefficient (Wildman–Crippen LogP) is 6.63. The molecule has 4 heteroatoms. The van der Waals surface area contributed by atoms with Gasteiger partial charge in [0, 0.05) is 38.2 Å². The number of amides is 1. The molecule has 37 heavy (non-hydrogen) atoms. The number of carbonyl (C=O) groups is 1. The Morgan fingerprint density at radius 2 is 1.70 bits per heavy atom. The highest BCUT2D eigenvalue weighted by molar-refractivity contribution is 5.94.